The van der Waals surface area contributed by atoms with Gasteiger partial charge in [0.2, 0.25) is 0 Å². The van der Waals surface area contributed by atoms with E-state index >= 15 is 0 Å². The number of nitrogens with zero attached hydrogens (tertiary/aromatic N) is 1. The van der Waals surface area contributed by atoms with Gasteiger partial charge in [-0.2, -0.15) is 0 Å². The van der Waals surface area contributed by atoms with Crippen LogP contribution in [0.15, 0.2) is 53.5 Å². The van der Waals surface area contributed by atoms with Crippen LogP contribution in [-0.2, 0) is 0 Å². The molecule has 0 radical (unpaired) electrons. The van der Waals surface area contributed by atoms with E-state index in [4.69, 9.17) is 0 Å². The molecule has 1 aromatic carbocycles. The molecule has 3 rings (SSSR count). The number of H-pyrrole nitrogens is 1. The highest BCUT2D eigenvalue weighted by Crippen LogP contribution is 2.21. The monoisotopic (exact) mass is 240 g/mol. The van der Waals surface area contributed by atoms with Crippen molar-refractivity contribution in [3.05, 3.63) is 64.8 Å². The molecule has 0 aliphatic rings. The molecule has 2 aromatic heterocycles. The topological polar surface area (TPSA) is 45.8 Å². The van der Waals surface area contributed by atoms with Crippen LogP contribution >= 0.6 is 0 Å². The summed E-state index contributed by atoms with van der Waals surface area (Å²) < 4.78 is 13.7. The molecule has 0 saturated carbocycles. The molecule has 0 unspecified atom stereocenters. The Morgan fingerprint density at radius 3 is 2.72 bits per heavy atom. The molecule has 0 aliphatic carbocycles. The van der Waals surface area contributed by atoms with Crippen molar-refractivity contribution in [2.75, 3.05) is 0 Å². The lowest BCUT2D eigenvalue weighted by atomic mass is 10.1. The maximum Gasteiger partial charge on any atom is 0.257 e. The lowest BCUT2D eigenvalue weighted by molar-refractivity contribution is 0.631. The number of hydrogen-bond acceptors (Lipinski definition) is 2. The molecule has 0 bridgehead atoms. The highest BCUT2D eigenvalue weighted by atomic mass is 19.1. The van der Waals surface area contributed by atoms with E-state index < -0.39 is 5.82 Å². The van der Waals surface area contributed by atoms with Gasteiger partial charge in [-0.1, -0.05) is 18.2 Å². The molecule has 4 heteroatoms. The van der Waals surface area contributed by atoms with E-state index in [0.717, 1.165) is 5.39 Å². The third kappa shape index (κ3) is 1.68. The number of aromatic nitrogens is 2. The summed E-state index contributed by atoms with van der Waals surface area (Å²) in [6, 6.07) is 11.5. The first kappa shape index (κ1) is 10.7. The summed E-state index contributed by atoms with van der Waals surface area (Å²) in [6.45, 7) is 0. The Labute approximate surface area is 102 Å². The molecular formula is C14H9FN2O. The van der Waals surface area contributed by atoms with Crippen molar-refractivity contribution in [3.63, 3.8) is 0 Å². The fraction of sp³-hybridized carbons (Fsp3) is 0. The first-order valence-electron chi connectivity index (χ1n) is 5.48. The number of aromatic amines is 1. The van der Waals surface area contributed by atoms with E-state index in [1.54, 1.807) is 36.5 Å². The Morgan fingerprint density at radius 2 is 1.89 bits per heavy atom. The molecule has 0 amide bonds. The highest BCUT2D eigenvalue weighted by molar-refractivity contribution is 5.80. The molecule has 88 valence electrons. The summed E-state index contributed by atoms with van der Waals surface area (Å²) in [5.74, 6) is -0.411. The van der Waals surface area contributed by atoms with E-state index in [9.17, 15) is 9.18 Å². The van der Waals surface area contributed by atoms with E-state index in [2.05, 4.69) is 9.97 Å². The van der Waals surface area contributed by atoms with Gasteiger partial charge in [-0.15, -0.1) is 0 Å². The zero-order valence-electron chi connectivity index (χ0n) is 9.35. The summed E-state index contributed by atoms with van der Waals surface area (Å²) in [5, 5.41) is 0.773. The first-order valence-corrected chi connectivity index (χ1v) is 5.48. The minimum absolute atomic E-state index is 0.296. The molecule has 0 fully saturated rings. The number of rotatable bonds is 1. The van der Waals surface area contributed by atoms with Gasteiger partial charge in [0.15, 0.2) is 0 Å². The van der Waals surface area contributed by atoms with E-state index in [1.165, 1.54) is 6.07 Å². The van der Waals surface area contributed by atoms with Gasteiger partial charge >= 0.3 is 0 Å². The quantitative estimate of drug-likeness (QED) is 0.710. The minimum atomic E-state index is -0.411. The molecule has 18 heavy (non-hydrogen) atoms. The van der Waals surface area contributed by atoms with Crippen LogP contribution in [0, 0.1) is 5.82 Å². The summed E-state index contributed by atoms with van der Waals surface area (Å²) in [7, 11) is 0. The molecule has 0 spiro atoms. The normalized spacial score (nSPS) is 10.7. The second kappa shape index (κ2) is 4.07. The van der Waals surface area contributed by atoms with Gasteiger partial charge in [-0.25, -0.2) is 9.37 Å². The molecular weight excluding hydrogens is 231 g/mol. The standard InChI is InChI=1S/C14H9FN2O/c15-12-6-2-1-5-10(12)11-8-9-4-3-7-16-13(9)17-14(11)18/h1-8H,(H,16,17,18). The van der Waals surface area contributed by atoms with Crippen LogP contribution in [0.2, 0.25) is 0 Å². The fourth-order valence-electron chi connectivity index (χ4n) is 1.91. The summed E-state index contributed by atoms with van der Waals surface area (Å²) in [5.41, 5.74) is 0.770. The first-order chi connectivity index (χ1) is 8.75. The third-order valence-corrected chi connectivity index (χ3v) is 2.78. The Bertz CT molecular complexity index is 780. The van der Waals surface area contributed by atoms with Crippen LogP contribution in [0.5, 0.6) is 0 Å². The van der Waals surface area contributed by atoms with Crippen molar-refractivity contribution in [1.29, 1.82) is 0 Å². The second-order valence-corrected chi connectivity index (χ2v) is 3.93. The maximum atomic E-state index is 13.7. The molecule has 0 atom stereocenters. The third-order valence-electron chi connectivity index (χ3n) is 2.78. The number of nitrogens with one attached hydrogen (secondary N) is 1. The molecule has 2 heterocycles. The van der Waals surface area contributed by atoms with Crippen molar-refractivity contribution in [2.45, 2.75) is 0 Å². The van der Waals surface area contributed by atoms with Crippen molar-refractivity contribution in [3.8, 4) is 11.1 Å². The number of fused-ring (bicyclic) bond motifs is 1. The lowest BCUT2D eigenvalue weighted by Gasteiger charge is -2.03. The van der Waals surface area contributed by atoms with Crippen molar-refractivity contribution < 1.29 is 4.39 Å². The van der Waals surface area contributed by atoms with Crippen molar-refractivity contribution in [1.82, 2.24) is 9.97 Å². The molecule has 0 saturated heterocycles. The minimum Gasteiger partial charge on any atom is -0.306 e. The van der Waals surface area contributed by atoms with Gasteiger partial charge in [0.25, 0.3) is 5.56 Å². The summed E-state index contributed by atoms with van der Waals surface area (Å²) in [4.78, 5) is 18.6. The number of hydrogen-bond donors (Lipinski definition) is 1. The summed E-state index contributed by atoms with van der Waals surface area (Å²) >= 11 is 0. The van der Waals surface area contributed by atoms with Crippen LogP contribution < -0.4 is 5.56 Å². The summed E-state index contributed by atoms with van der Waals surface area (Å²) in [6.07, 6.45) is 1.60. The Balaban J connectivity index is 2.33. The molecule has 3 nitrogen and oxygen atoms in total. The van der Waals surface area contributed by atoms with Crippen LogP contribution in [0.3, 0.4) is 0 Å². The van der Waals surface area contributed by atoms with Gasteiger partial charge in [0.05, 0.1) is 5.56 Å². The van der Waals surface area contributed by atoms with Crippen LogP contribution in [0.4, 0.5) is 4.39 Å². The van der Waals surface area contributed by atoms with Gasteiger partial charge in [-0.05, 0) is 24.3 Å². The second-order valence-electron chi connectivity index (χ2n) is 3.93. The average Bonchev–Trinajstić information content (AvgIpc) is 2.39. The van der Waals surface area contributed by atoms with Crippen molar-refractivity contribution in [2.24, 2.45) is 0 Å². The fourth-order valence-corrected chi connectivity index (χ4v) is 1.91. The molecule has 0 aliphatic heterocycles. The molecule has 3 aromatic rings. The Morgan fingerprint density at radius 1 is 1.06 bits per heavy atom. The Hall–Kier alpha value is -2.49. The number of benzene rings is 1. The SMILES string of the molecule is O=c1[nH]c2ncccc2cc1-c1ccccc1F. The van der Waals surface area contributed by atoms with E-state index in [0.29, 0.717) is 16.8 Å². The Kier molecular flexibility index (Phi) is 2.41. The van der Waals surface area contributed by atoms with Crippen LogP contribution in [-0.4, -0.2) is 9.97 Å². The highest BCUT2D eigenvalue weighted by Gasteiger charge is 2.09. The van der Waals surface area contributed by atoms with E-state index in [-0.39, 0.29) is 5.56 Å². The van der Waals surface area contributed by atoms with E-state index in [1.807, 2.05) is 6.07 Å². The van der Waals surface area contributed by atoms with Gasteiger partial charge < -0.3 is 4.98 Å². The molecule has 1 N–H and O–H groups in total. The largest absolute Gasteiger partial charge is 0.306 e. The van der Waals surface area contributed by atoms with Gasteiger partial charge in [-0.3, -0.25) is 4.79 Å². The zero-order chi connectivity index (χ0) is 12.5. The van der Waals surface area contributed by atoms with Gasteiger partial charge in [0, 0.05) is 17.1 Å². The number of pyridine rings is 2. The smallest absolute Gasteiger partial charge is 0.257 e. The maximum absolute atomic E-state index is 13.7. The van der Waals surface area contributed by atoms with Crippen LogP contribution in [0.1, 0.15) is 0 Å². The predicted octanol–water partition coefficient (Wildman–Crippen LogP) is 2.73. The lowest BCUT2D eigenvalue weighted by Crippen LogP contribution is -2.10. The number of halogens is 1. The predicted molar refractivity (Wildman–Crippen MR) is 67.8 cm³/mol. The average molecular weight is 240 g/mol. The van der Waals surface area contributed by atoms with Gasteiger partial charge in [0.1, 0.15) is 11.5 Å². The zero-order valence-corrected chi connectivity index (χ0v) is 9.35. The van der Waals surface area contributed by atoms with Crippen molar-refractivity contribution >= 4 is 11.0 Å². The van der Waals surface area contributed by atoms with Crippen LogP contribution in [0.25, 0.3) is 22.2 Å².